The van der Waals surface area contributed by atoms with Gasteiger partial charge in [0.2, 0.25) is 0 Å². The van der Waals surface area contributed by atoms with Gasteiger partial charge in [-0.2, -0.15) is 0 Å². The minimum atomic E-state index is -1.04. The van der Waals surface area contributed by atoms with Gasteiger partial charge >= 0.3 is 11.4 Å². The summed E-state index contributed by atoms with van der Waals surface area (Å²) in [5.41, 5.74) is -1.04. The van der Waals surface area contributed by atoms with Crippen molar-refractivity contribution in [2.45, 2.75) is 24.4 Å². The van der Waals surface area contributed by atoms with Crippen LogP contribution in [0.25, 0.3) is 0 Å². The number of nitrogens with zero attached hydrogens (tertiary/aromatic N) is 5. The average Bonchev–Trinajstić information content (AvgIpc) is 3.32. The largest absolute Gasteiger partial charge is 0.336 e. The van der Waals surface area contributed by atoms with Gasteiger partial charge in [-0.05, 0) is 24.7 Å². The van der Waals surface area contributed by atoms with Gasteiger partial charge in [0, 0.05) is 16.8 Å². The predicted octanol–water partition coefficient (Wildman–Crippen LogP) is 0.774. The quantitative estimate of drug-likeness (QED) is 0.332. The summed E-state index contributed by atoms with van der Waals surface area (Å²) in [6.07, 6.45) is 10.9. The molecule has 0 aromatic carbocycles. The molecule has 0 unspecified atom stereocenters. The first-order valence-electron chi connectivity index (χ1n) is 8.47. The molecule has 0 amide bonds. The molecule has 2 heterocycles. The maximum absolute atomic E-state index is 12.4. The van der Waals surface area contributed by atoms with Crippen molar-refractivity contribution in [3.63, 3.8) is 0 Å². The molecule has 7 heteroatoms. The van der Waals surface area contributed by atoms with Crippen LogP contribution in [0.15, 0.2) is 24.3 Å². The number of hydrogen-bond donors (Lipinski definition) is 0. The number of allylic oxidation sites excluding steroid dienone is 3. The first-order chi connectivity index (χ1) is 11.1. The molecule has 6 rings (SSSR count). The van der Waals surface area contributed by atoms with Crippen molar-refractivity contribution in [1.29, 1.82) is 0 Å². The highest BCUT2D eigenvalue weighted by Gasteiger charge is 2.79. The van der Waals surface area contributed by atoms with Gasteiger partial charge in [-0.15, -0.1) is 4.68 Å². The van der Waals surface area contributed by atoms with Crippen molar-refractivity contribution < 1.29 is 9.61 Å². The molecule has 1 aromatic rings. The van der Waals surface area contributed by atoms with Crippen molar-refractivity contribution in [2.24, 2.45) is 42.6 Å². The molecule has 8 atom stereocenters. The zero-order valence-corrected chi connectivity index (χ0v) is 12.8. The second-order valence-corrected chi connectivity index (χ2v) is 7.89. The van der Waals surface area contributed by atoms with Gasteiger partial charge in [-0.1, -0.05) is 29.0 Å². The Bertz CT molecular complexity index is 813. The second kappa shape index (κ2) is 3.55. The van der Waals surface area contributed by atoms with E-state index in [0.29, 0.717) is 29.5 Å². The van der Waals surface area contributed by atoms with E-state index in [2.05, 4.69) is 34.7 Å². The minimum absolute atomic E-state index is 0.00699. The molecule has 5 aliphatic rings. The fourth-order valence-electron chi connectivity index (χ4n) is 6.76. The van der Waals surface area contributed by atoms with E-state index in [4.69, 9.17) is 0 Å². The Kier molecular flexibility index (Phi) is 1.91. The summed E-state index contributed by atoms with van der Waals surface area (Å²) >= 11 is 0. The average molecular weight is 312 g/mol. The fourth-order valence-corrected chi connectivity index (χ4v) is 6.76. The third-order valence-corrected chi connectivity index (χ3v) is 7.28. The first-order valence-corrected chi connectivity index (χ1v) is 8.47. The number of hydrogen-bond acceptors (Lipinski definition) is 4. The molecule has 0 radical (unpaired) electrons. The van der Waals surface area contributed by atoms with Crippen LogP contribution in [0.4, 0.5) is 0 Å². The van der Waals surface area contributed by atoms with E-state index in [1.807, 2.05) is 4.68 Å². The third kappa shape index (κ3) is 1.09. The molecule has 1 aliphatic heterocycles. The Balaban J connectivity index is 1.71. The summed E-state index contributed by atoms with van der Waals surface area (Å²) in [4.78, 5) is 12.4. The second-order valence-electron chi connectivity index (χ2n) is 7.89. The Morgan fingerprint density at radius 1 is 1.26 bits per heavy atom. The zero-order chi connectivity index (χ0) is 15.5. The van der Waals surface area contributed by atoms with Gasteiger partial charge in [0.05, 0.1) is 18.9 Å². The van der Waals surface area contributed by atoms with Gasteiger partial charge < -0.3 is 0 Å². The summed E-state index contributed by atoms with van der Waals surface area (Å²) in [6, 6.07) is 0.250. The lowest BCUT2D eigenvalue weighted by atomic mass is 9.62. The number of fused-ring (bicyclic) bond motifs is 14. The Hall–Kier alpha value is -2.05. The van der Waals surface area contributed by atoms with E-state index in [9.17, 15) is 10.1 Å². The minimum Gasteiger partial charge on any atom is -0.263 e. The summed E-state index contributed by atoms with van der Waals surface area (Å²) in [7, 11) is 1.81. The van der Waals surface area contributed by atoms with E-state index in [1.54, 1.807) is 11.7 Å². The highest BCUT2D eigenvalue weighted by Crippen LogP contribution is 2.67. The molecule has 118 valence electrons. The van der Waals surface area contributed by atoms with E-state index in [1.165, 1.54) is 0 Å². The van der Waals surface area contributed by atoms with Crippen LogP contribution in [-0.4, -0.2) is 20.0 Å². The highest BCUT2D eigenvalue weighted by atomic mass is 16.6. The van der Waals surface area contributed by atoms with E-state index in [-0.39, 0.29) is 22.8 Å². The van der Waals surface area contributed by atoms with Crippen LogP contribution in [0.1, 0.15) is 24.7 Å². The number of tetrazole rings is 1. The van der Waals surface area contributed by atoms with Crippen molar-refractivity contribution in [2.75, 3.05) is 0 Å². The van der Waals surface area contributed by atoms with Crippen LogP contribution in [-0.2, 0) is 12.6 Å². The Morgan fingerprint density at radius 3 is 2.87 bits per heavy atom. The first kappa shape index (κ1) is 12.4. The van der Waals surface area contributed by atoms with Crippen LogP contribution in [0.2, 0.25) is 0 Å². The van der Waals surface area contributed by atoms with E-state index >= 15 is 0 Å². The summed E-state index contributed by atoms with van der Waals surface area (Å²) < 4.78 is 3.59. The van der Waals surface area contributed by atoms with Crippen molar-refractivity contribution >= 4 is 0 Å². The molecule has 1 aromatic heterocycles. The molecule has 0 N–H and O–H groups in total. The molecule has 2 fully saturated rings. The Labute approximate surface area is 132 Å². The molecule has 23 heavy (non-hydrogen) atoms. The number of nitro groups is 1. The normalized spacial score (nSPS) is 50.2. The number of aromatic nitrogens is 4. The standard InChI is InChI=1S/C16H18N5O2/c1-19-15-16(21(22)23)11-5-4-9(7-11)13(16)12-8-2-3-10(6-8)14(12)20(15)18-17-19/h2-5,8-14H,6-7H2,1H3/q+1/t8-,9-,10+,11+,12-,13-,14-,16+/m1/s1. The van der Waals surface area contributed by atoms with Crippen molar-refractivity contribution in [3.8, 4) is 0 Å². The molecule has 0 spiro atoms. The Morgan fingerprint density at radius 2 is 2.04 bits per heavy atom. The third-order valence-electron chi connectivity index (χ3n) is 7.28. The van der Waals surface area contributed by atoms with Gasteiger partial charge in [0.1, 0.15) is 11.3 Å². The van der Waals surface area contributed by atoms with E-state index < -0.39 is 5.54 Å². The van der Waals surface area contributed by atoms with Gasteiger partial charge in [0.25, 0.3) is 0 Å². The van der Waals surface area contributed by atoms with Crippen LogP contribution < -0.4 is 4.68 Å². The van der Waals surface area contributed by atoms with Crippen molar-refractivity contribution in [1.82, 2.24) is 15.1 Å². The summed E-state index contributed by atoms with van der Waals surface area (Å²) in [6.45, 7) is 0. The predicted molar refractivity (Wildman–Crippen MR) is 77.4 cm³/mol. The fraction of sp³-hybridized carbons (Fsp3) is 0.688. The van der Waals surface area contributed by atoms with Crippen LogP contribution in [0.3, 0.4) is 0 Å². The molecule has 2 saturated carbocycles. The maximum atomic E-state index is 12.4. The molecular weight excluding hydrogens is 294 g/mol. The lowest BCUT2D eigenvalue weighted by molar-refractivity contribution is -0.825. The molecule has 0 saturated heterocycles. The van der Waals surface area contributed by atoms with Gasteiger partial charge in [0.15, 0.2) is 5.21 Å². The maximum Gasteiger partial charge on any atom is 0.336 e. The molecule has 4 bridgehead atoms. The lowest BCUT2D eigenvalue weighted by Crippen LogP contribution is -2.67. The smallest absolute Gasteiger partial charge is 0.263 e. The van der Waals surface area contributed by atoms with Gasteiger partial charge in [-0.3, -0.25) is 10.1 Å². The molecule has 4 aliphatic carbocycles. The van der Waals surface area contributed by atoms with Crippen LogP contribution in [0.5, 0.6) is 0 Å². The van der Waals surface area contributed by atoms with Gasteiger partial charge in [-0.25, -0.2) is 0 Å². The lowest BCUT2D eigenvalue weighted by Gasteiger charge is -2.43. The SMILES string of the molecule is Cn1nn[n+]2c1[C@@]1([N+](=O)[O-])[C@@H]([C@@H]3[C@H]2[C@H]2C=C[C@@H]3C2)[C@@H]2C=C[C@H]1C2. The zero-order valence-electron chi connectivity index (χ0n) is 12.8. The van der Waals surface area contributed by atoms with Crippen molar-refractivity contribution in [3.05, 3.63) is 40.2 Å². The molecule has 7 nitrogen and oxygen atoms in total. The number of rotatable bonds is 1. The highest BCUT2D eigenvalue weighted by molar-refractivity contribution is 5.29. The summed E-state index contributed by atoms with van der Waals surface area (Å²) in [5.74, 6) is 2.34. The number of aryl methyl sites for hydroxylation is 1. The van der Waals surface area contributed by atoms with Crippen LogP contribution >= 0.6 is 0 Å². The van der Waals surface area contributed by atoms with Crippen LogP contribution in [0, 0.1) is 45.6 Å². The van der Waals surface area contributed by atoms with E-state index in [0.717, 1.165) is 12.8 Å². The summed E-state index contributed by atoms with van der Waals surface area (Å²) in [5, 5.41) is 21.0. The monoisotopic (exact) mass is 312 g/mol. The topological polar surface area (TPSA) is 77.7 Å². The molecular formula is C16H18N5O2+.